The van der Waals surface area contributed by atoms with E-state index in [1.165, 1.54) is 13.3 Å². The van der Waals surface area contributed by atoms with E-state index in [0.717, 1.165) is 6.54 Å². The van der Waals surface area contributed by atoms with Gasteiger partial charge in [0.1, 0.15) is 5.82 Å². The van der Waals surface area contributed by atoms with Gasteiger partial charge in [0.2, 0.25) is 5.82 Å². The number of nitrogens with one attached hydrogen (secondary N) is 1. The minimum Gasteiger partial charge on any atom is -0.463 e. The van der Waals surface area contributed by atoms with Gasteiger partial charge in [-0.25, -0.2) is 14.8 Å². The van der Waals surface area contributed by atoms with Crippen LogP contribution in [0.25, 0.3) is 0 Å². The van der Waals surface area contributed by atoms with Gasteiger partial charge >= 0.3 is 5.97 Å². The van der Waals surface area contributed by atoms with Gasteiger partial charge in [-0.3, -0.25) is 0 Å². The maximum atomic E-state index is 11.2. The molecule has 1 rings (SSSR count). The fraction of sp³-hybridized carbons (Fsp3) is 0.545. The second-order valence-corrected chi connectivity index (χ2v) is 5.59. The van der Waals surface area contributed by atoms with E-state index in [1.807, 2.05) is 0 Å². The summed E-state index contributed by atoms with van der Waals surface area (Å²) in [6, 6.07) is 1.73. The summed E-state index contributed by atoms with van der Waals surface area (Å²) >= 11 is 1.76. The lowest BCUT2D eigenvalue weighted by Gasteiger charge is -2.22. The van der Waals surface area contributed by atoms with E-state index in [1.54, 1.807) is 17.8 Å². The zero-order valence-electron chi connectivity index (χ0n) is 10.5. The van der Waals surface area contributed by atoms with Crippen LogP contribution < -0.4 is 5.32 Å². The molecular weight excluding hydrogens is 238 g/mol. The molecule has 0 fully saturated rings. The maximum absolute atomic E-state index is 11.2. The third kappa shape index (κ3) is 4.22. The molecule has 0 aliphatic carbocycles. The van der Waals surface area contributed by atoms with E-state index in [2.05, 4.69) is 40.1 Å². The summed E-state index contributed by atoms with van der Waals surface area (Å²) in [6.07, 6.45) is 3.59. The summed E-state index contributed by atoms with van der Waals surface area (Å²) in [5.41, 5.74) is 0. The predicted octanol–water partition coefficient (Wildman–Crippen LogP) is 1.82. The van der Waals surface area contributed by atoms with E-state index in [0.29, 0.717) is 5.82 Å². The number of carbonyl (C=O) groups is 1. The number of anilines is 1. The van der Waals surface area contributed by atoms with Crippen LogP contribution >= 0.6 is 11.8 Å². The fourth-order valence-electron chi connectivity index (χ4n) is 1.02. The van der Waals surface area contributed by atoms with E-state index in [-0.39, 0.29) is 10.6 Å². The number of esters is 1. The van der Waals surface area contributed by atoms with Gasteiger partial charge < -0.3 is 10.1 Å². The smallest absolute Gasteiger partial charge is 0.376 e. The first kappa shape index (κ1) is 13.8. The van der Waals surface area contributed by atoms with Crippen LogP contribution in [-0.2, 0) is 4.74 Å². The summed E-state index contributed by atoms with van der Waals surface area (Å²) in [6.45, 7) is 5.02. The number of thioether (sulfide) groups is 1. The van der Waals surface area contributed by atoms with Crippen molar-refractivity contribution in [1.29, 1.82) is 0 Å². The number of ether oxygens (including phenoxy) is 1. The van der Waals surface area contributed by atoms with Crippen molar-refractivity contribution in [1.82, 2.24) is 9.97 Å². The molecule has 0 bridgehead atoms. The highest BCUT2D eigenvalue weighted by Gasteiger charge is 2.16. The van der Waals surface area contributed by atoms with Crippen molar-refractivity contribution >= 4 is 23.5 Å². The largest absolute Gasteiger partial charge is 0.463 e. The lowest BCUT2D eigenvalue weighted by atomic mass is 10.2. The first-order valence-electron chi connectivity index (χ1n) is 5.19. The molecule has 17 heavy (non-hydrogen) atoms. The zero-order valence-corrected chi connectivity index (χ0v) is 11.3. The highest BCUT2D eigenvalue weighted by Crippen LogP contribution is 2.21. The fourth-order valence-corrected chi connectivity index (χ4v) is 1.24. The van der Waals surface area contributed by atoms with Crippen LogP contribution in [0.5, 0.6) is 0 Å². The van der Waals surface area contributed by atoms with Crippen LogP contribution in [0, 0.1) is 0 Å². The van der Waals surface area contributed by atoms with Crippen LogP contribution in [0.15, 0.2) is 12.3 Å². The predicted molar refractivity (Wildman–Crippen MR) is 69.5 cm³/mol. The highest BCUT2D eigenvalue weighted by atomic mass is 32.2. The Morgan fingerprint density at radius 2 is 2.29 bits per heavy atom. The average molecular weight is 255 g/mol. The Hall–Kier alpha value is -1.30. The molecule has 0 saturated heterocycles. The summed E-state index contributed by atoms with van der Waals surface area (Å²) < 4.78 is 4.67. The van der Waals surface area contributed by atoms with Gasteiger partial charge in [-0.1, -0.05) is 0 Å². The van der Waals surface area contributed by atoms with Crippen LogP contribution in [0.1, 0.15) is 24.5 Å². The van der Waals surface area contributed by atoms with Crippen LogP contribution in [0.3, 0.4) is 0 Å². The average Bonchev–Trinajstić information content (AvgIpc) is 2.36. The molecule has 0 aromatic carbocycles. The van der Waals surface area contributed by atoms with Crippen molar-refractivity contribution < 1.29 is 9.53 Å². The Kier molecular flexibility index (Phi) is 4.74. The molecule has 1 aromatic heterocycles. The molecule has 0 unspecified atom stereocenters. The van der Waals surface area contributed by atoms with Gasteiger partial charge in [-0.05, 0) is 26.2 Å². The van der Waals surface area contributed by atoms with E-state index in [9.17, 15) is 4.79 Å². The number of nitrogens with zero attached hydrogens (tertiary/aromatic N) is 2. The molecule has 1 N–H and O–H groups in total. The van der Waals surface area contributed by atoms with Crippen LogP contribution in [-0.4, -0.2) is 40.6 Å². The molecule has 0 aliphatic heterocycles. The lowest BCUT2D eigenvalue weighted by molar-refractivity contribution is 0.0587. The Balaban J connectivity index is 2.70. The second kappa shape index (κ2) is 5.86. The third-order valence-electron chi connectivity index (χ3n) is 2.27. The minimum absolute atomic E-state index is 0.0689. The van der Waals surface area contributed by atoms with Crippen molar-refractivity contribution in [2.24, 2.45) is 0 Å². The van der Waals surface area contributed by atoms with Gasteiger partial charge in [0, 0.05) is 17.5 Å². The van der Waals surface area contributed by atoms with Gasteiger partial charge in [0.15, 0.2) is 0 Å². The SMILES string of the molecule is COC(=O)c1nccc(NCC(C)(C)SC)n1. The molecule has 6 heteroatoms. The molecule has 0 saturated carbocycles. The number of hydrogen-bond acceptors (Lipinski definition) is 6. The molecule has 0 aliphatic rings. The van der Waals surface area contributed by atoms with Gasteiger partial charge in [-0.15, -0.1) is 0 Å². The van der Waals surface area contributed by atoms with Gasteiger partial charge in [0.25, 0.3) is 0 Å². The third-order valence-corrected chi connectivity index (χ3v) is 3.52. The Morgan fingerprint density at radius 1 is 1.59 bits per heavy atom. The number of methoxy groups -OCH3 is 1. The second-order valence-electron chi connectivity index (χ2n) is 4.07. The number of hydrogen-bond donors (Lipinski definition) is 1. The van der Waals surface area contributed by atoms with Crippen molar-refractivity contribution in [2.75, 3.05) is 25.2 Å². The molecule has 5 nitrogen and oxygen atoms in total. The van der Waals surface area contributed by atoms with Crippen LogP contribution in [0.2, 0.25) is 0 Å². The van der Waals surface area contributed by atoms with Gasteiger partial charge in [0.05, 0.1) is 7.11 Å². The van der Waals surface area contributed by atoms with Gasteiger partial charge in [-0.2, -0.15) is 11.8 Å². The Morgan fingerprint density at radius 3 is 2.88 bits per heavy atom. The Labute approximate surface area is 105 Å². The molecule has 0 atom stereocenters. The Bertz CT molecular complexity index is 396. The topological polar surface area (TPSA) is 64.1 Å². The molecule has 0 spiro atoms. The van der Waals surface area contributed by atoms with Crippen molar-refractivity contribution in [2.45, 2.75) is 18.6 Å². The van der Waals surface area contributed by atoms with Crippen molar-refractivity contribution in [3.05, 3.63) is 18.1 Å². The summed E-state index contributed by atoms with van der Waals surface area (Å²) in [5.74, 6) is 0.166. The molecule has 1 heterocycles. The van der Waals surface area contributed by atoms with Crippen molar-refractivity contribution in [3.8, 4) is 0 Å². The number of carbonyl (C=O) groups excluding carboxylic acids is 1. The number of rotatable bonds is 5. The van der Waals surface area contributed by atoms with E-state index >= 15 is 0 Å². The first-order chi connectivity index (χ1) is 7.98. The quantitative estimate of drug-likeness (QED) is 0.810. The molecule has 0 amide bonds. The molecule has 0 radical (unpaired) electrons. The minimum atomic E-state index is -0.530. The zero-order chi connectivity index (χ0) is 12.9. The molecule has 1 aromatic rings. The highest BCUT2D eigenvalue weighted by molar-refractivity contribution is 7.99. The summed E-state index contributed by atoms with van der Waals surface area (Å²) in [7, 11) is 1.31. The summed E-state index contributed by atoms with van der Waals surface area (Å²) in [4.78, 5) is 19.2. The maximum Gasteiger partial charge on any atom is 0.376 e. The molecular formula is C11H17N3O2S. The lowest BCUT2D eigenvalue weighted by Crippen LogP contribution is -2.26. The summed E-state index contributed by atoms with van der Waals surface area (Å²) in [5, 5.41) is 3.18. The monoisotopic (exact) mass is 255 g/mol. The van der Waals surface area contributed by atoms with Crippen molar-refractivity contribution in [3.63, 3.8) is 0 Å². The first-order valence-corrected chi connectivity index (χ1v) is 6.41. The van der Waals surface area contributed by atoms with E-state index < -0.39 is 5.97 Å². The number of aromatic nitrogens is 2. The molecule has 94 valence electrons. The normalized spacial score (nSPS) is 11.1. The van der Waals surface area contributed by atoms with E-state index in [4.69, 9.17) is 0 Å². The van der Waals surface area contributed by atoms with Crippen LogP contribution in [0.4, 0.5) is 5.82 Å². The standard InChI is InChI=1S/C11H17N3O2S/c1-11(2,17-4)7-13-8-5-6-12-9(14-8)10(15)16-3/h5-6H,7H2,1-4H3,(H,12,13,14).